The average molecular weight is 348 g/mol. The lowest BCUT2D eigenvalue weighted by Crippen LogP contribution is -2.50. The van der Waals surface area contributed by atoms with E-state index in [-0.39, 0.29) is 11.7 Å². The maximum absolute atomic E-state index is 12.1. The summed E-state index contributed by atoms with van der Waals surface area (Å²) in [6, 6.07) is 5.05. The molecule has 1 fully saturated rings. The zero-order chi connectivity index (χ0) is 18.6. The molecule has 1 aliphatic rings. The third-order valence-corrected chi connectivity index (χ3v) is 3.87. The fraction of sp³-hybridized carbons (Fsp3) is 0.500. The van der Waals surface area contributed by atoms with E-state index in [0.29, 0.717) is 38.0 Å². The molecular formula is C18H24N2O5. The minimum absolute atomic E-state index is 0.240. The van der Waals surface area contributed by atoms with Crippen LogP contribution < -0.4 is 4.90 Å². The normalized spacial score (nSPS) is 14.9. The van der Waals surface area contributed by atoms with Crippen LogP contribution in [0.1, 0.15) is 41.5 Å². The molecule has 25 heavy (non-hydrogen) atoms. The van der Waals surface area contributed by atoms with Crippen molar-refractivity contribution in [2.24, 2.45) is 0 Å². The molecule has 0 unspecified atom stereocenters. The van der Waals surface area contributed by atoms with Gasteiger partial charge >= 0.3 is 12.1 Å². The first kappa shape index (κ1) is 18.8. The van der Waals surface area contributed by atoms with Gasteiger partial charge in [-0.1, -0.05) is 0 Å². The van der Waals surface area contributed by atoms with Crippen molar-refractivity contribution in [1.82, 2.24) is 4.90 Å². The summed E-state index contributed by atoms with van der Waals surface area (Å²) < 4.78 is 10.1. The van der Waals surface area contributed by atoms with Gasteiger partial charge < -0.3 is 19.3 Å². The highest BCUT2D eigenvalue weighted by atomic mass is 16.6. The molecule has 0 radical (unpaired) electrons. The Morgan fingerprint density at radius 1 is 1.12 bits per heavy atom. The number of amides is 1. The van der Waals surface area contributed by atoms with Gasteiger partial charge in [-0.15, -0.1) is 0 Å². The van der Waals surface area contributed by atoms with Crippen LogP contribution >= 0.6 is 0 Å². The van der Waals surface area contributed by atoms with E-state index >= 15 is 0 Å². The molecule has 0 spiro atoms. The number of hydrogen-bond donors (Lipinski definition) is 0. The minimum Gasteiger partial charge on any atom is -0.465 e. The number of carbonyl (C=O) groups excluding carboxylic acids is 3. The molecule has 0 aliphatic carbocycles. The number of anilines is 1. The van der Waals surface area contributed by atoms with Crippen LogP contribution in [-0.4, -0.2) is 62.1 Å². The first-order valence-corrected chi connectivity index (χ1v) is 8.15. The number of hydrogen-bond acceptors (Lipinski definition) is 6. The van der Waals surface area contributed by atoms with Gasteiger partial charge in [-0.3, -0.25) is 4.79 Å². The highest BCUT2D eigenvalue weighted by Crippen LogP contribution is 2.22. The number of aldehydes is 1. The van der Waals surface area contributed by atoms with E-state index in [4.69, 9.17) is 9.47 Å². The van der Waals surface area contributed by atoms with E-state index < -0.39 is 11.6 Å². The fourth-order valence-electron chi connectivity index (χ4n) is 2.60. The second-order valence-electron chi connectivity index (χ2n) is 6.84. The molecule has 1 aromatic rings. The van der Waals surface area contributed by atoms with E-state index in [9.17, 15) is 14.4 Å². The minimum atomic E-state index is -0.545. The number of methoxy groups -OCH3 is 1. The summed E-state index contributed by atoms with van der Waals surface area (Å²) in [5.74, 6) is -0.545. The topological polar surface area (TPSA) is 76.2 Å². The molecule has 1 aliphatic heterocycles. The van der Waals surface area contributed by atoms with E-state index in [1.807, 2.05) is 20.8 Å². The number of rotatable bonds is 3. The van der Waals surface area contributed by atoms with Gasteiger partial charge in [0.25, 0.3) is 0 Å². The number of ether oxygens (including phenoxy) is 2. The predicted octanol–water partition coefficient (Wildman–Crippen LogP) is 2.34. The number of nitrogens with zero attached hydrogens (tertiary/aromatic N) is 2. The molecule has 0 atom stereocenters. The number of esters is 1. The van der Waals surface area contributed by atoms with Gasteiger partial charge in [0.05, 0.1) is 12.7 Å². The Morgan fingerprint density at radius 3 is 2.28 bits per heavy atom. The Morgan fingerprint density at radius 2 is 1.76 bits per heavy atom. The van der Waals surface area contributed by atoms with Crippen molar-refractivity contribution in [3.8, 4) is 0 Å². The molecule has 1 aromatic carbocycles. The van der Waals surface area contributed by atoms with E-state index in [2.05, 4.69) is 4.90 Å². The molecule has 0 aromatic heterocycles. The summed E-state index contributed by atoms with van der Waals surface area (Å²) in [4.78, 5) is 38.8. The number of piperazine rings is 1. The number of benzene rings is 1. The zero-order valence-electron chi connectivity index (χ0n) is 15.1. The smallest absolute Gasteiger partial charge is 0.410 e. The maximum Gasteiger partial charge on any atom is 0.410 e. The van der Waals surface area contributed by atoms with Gasteiger partial charge in [0, 0.05) is 37.4 Å². The lowest BCUT2D eigenvalue weighted by atomic mass is 10.1. The molecule has 1 amide bonds. The van der Waals surface area contributed by atoms with Crippen LogP contribution in [0, 0.1) is 0 Å². The van der Waals surface area contributed by atoms with Gasteiger partial charge in [-0.25, -0.2) is 9.59 Å². The first-order chi connectivity index (χ1) is 11.7. The molecule has 0 bridgehead atoms. The van der Waals surface area contributed by atoms with Crippen LogP contribution in [0.4, 0.5) is 10.5 Å². The molecule has 0 N–H and O–H groups in total. The van der Waals surface area contributed by atoms with Crippen LogP contribution in [0.5, 0.6) is 0 Å². The predicted molar refractivity (Wildman–Crippen MR) is 93.2 cm³/mol. The Labute approximate surface area is 147 Å². The Kier molecular flexibility index (Phi) is 5.66. The van der Waals surface area contributed by atoms with E-state index in [0.717, 1.165) is 5.69 Å². The van der Waals surface area contributed by atoms with Crippen LogP contribution in [0.15, 0.2) is 18.2 Å². The van der Waals surface area contributed by atoms with Crippen molar-refractivity contribution < 1.29 is 23.9 Å². The average Bonchev–Trinajstić information content (AvgIpc) is 2.59. The second kappa shape index (κ2) is 7.55. The summed E-state index contributed by atoms with van der Waals surface area (Å²) in [5.41, 5.74) is 0.830. The van der Waals surface area contributed by atoms with Crippen molar-refractivity contribution >= 4 is 24.0 Å². The van der Waals surface area contributed by atoms with Crippen LogP contribution in [0.25, 0.3) is 0 Å². The van der Waals surface area contributed by atoms with Crippen molar-refractivity contribution in [3.63, 3.8) is 0 Å². The summed E-state index contributed by atoms with van der Waals surface area (Å²) >= 11 is 0. The Hall–Kier alpha value is -2.57. The summed E-state index contributed by atoms with van der Waals surface area (Å²) in [5, 5.41) is 0. The van der Waals surface area contributed by atoms with Gasteiger partial charge in [-0.2, -0.15) is 0 Å². The van der Waals surface area contributed by atoms with Crippen LogP contribution in [-0.2, 0) is 9.47 Å². The molecule has 7 heteroatoms. The highest BCUT2D eigenvalue weighted by Gasteiger charge is 2.26. The highest BCUT2D eigenvalue weighted by molar-refractivity contribution is 5.99. The Bertz CT molecular complexity index is 658. The van der Waals surface area contributed by atoms with Crippen molar-refractivity contribution in [2.75, 3.05) is 38.2 Å². The summed E-state index contributed by atoms with van der Waals surface area (Å²) in [6.45, 7) is 7.79. The fourth-order valence-corrected chi connectivity index (χ4v) is 2.60. The maximum atomic E-state index is 12.1. The molecule has 2 rings (SSSR count). The third kappa shape index (κ3) is 4.71. The largest absolute Gasteiger partial charge is 0.465 e. The van der Waals surface area contributed by atoms with E-state index in [1.54, 1.807) is 23.1 Å². The summed E-state index contributed by atoms with van der Waals surface area (Å²) in [6.07, 6.45) is 0.315. The SMILES string of the molecule is COC(=O)c1cc(N2CCN(C(=O)OC(C)(C)C)CC2)ccc1C=O. The monoisotopic (exact) mass is 348 g/mol. The quantitative estimate of drug-likeness (QED) is 0.616. The van der Waals surface area contributed by atoms with Gasteiger partial charge in [0.1, 0.15) is 5.60 Å². The first-order valence-electron chi connectivity index (χ1n) is 8.15. The molecule has 7 nitrogen and oxygen atoms in total. The lowest BCUT2D eigenvalue weighted by molar-refractivity contribution is 0.0240. The number of carbonyl (C=O) groups is 3. The second-order valence-corrected chi connectivity index (χ2v) is 6.84. The Balaban J connectivity index is 2.07. The third-order valence-electron chi connectivity index (χ3n) is 3.87. The summed E-state index contributed by atoms with van der Waals surface area (Å²) in [7, 11) is 1.28. The van der Waals surface area contributed by atoms with Crippen molar-refractivity contribution in [2.45, 2.75) is 26.4 Å². The molecule has 0 saturated carbocycles. The zero-order valence-corrected chi connectivity index (χ0v) is 15.1. The standard InChI is InChI=1S/C18H24N2O5/c1-18(2,3)25-17(23)20-9-7-19(8-10-20)14-6-5-13(12-21)15(11-14)16(22)24-4/h5-6,11-12H,7-10H2,1-4H3. The van der Waals surface area contributed by atoms with Crippen molar-refractivity contribution in [3.05, 3.63) is 29.3 Å². The van der Waals surface area contributed by atoms with Crippen LogP contribution in [0.2, 0.25) is 0 Å². The van der Waals surface area contributed by atoms with Crippen molar-refractivity contribution in [1.29, 1.82) is 0 Å². The molecule has 1 heterocycles. The van der Waals surface area contributed by atoms with E-state index in [1.165, 1.54) is 7.11 Å². The van der Waals surface area contributed by atoms with Gasteiger partial charge in [0.2, 0.25) is 0 Å². The van der Waals surface area contributed by atoms with Gasteiger partial charge in [0.15, 0.2) is 6.29 Å². The van der Waals surface area contributed by atoms with Gasteiger partial charge in [-0.05, 0) is 39.0 Å². The molecule has 136 valence electrons. The van der Waals surface area contributed by atoms with Crippen LogP contribution in [0.3, 0.4) is 0 Å². The lowest BCUT2D eigenvalue weighted by Gasteiger charge is -2.36. The molecular weight excluding hydrogens is 324 g/mol. The molecule has 1 saturated heterocycles.